The second-order valence-corrected chi connectivity index (χ2v) is 7.20. The van der Waals surface area contributed by atoms with Crippen LogP contribution in [0.15, 0.2) is 21.4 Å². The molecule has 0 N–H and O–H groups in total. The number of halogens is 1. The van der Waals surface area contributed by atoms with Gasteiger partial charge in [0.25, 0.3) is 5.91 Å². The molecular weight excluding hydrogens is 322 g/mol. The second kappa shape index (κ2) is 5.05. The van der Waals surface area contributed by atoms with Gasteiger partial charge in [0.1, 0.15) is 0 Å². The van der Waals surface area contributed by atoms with Crippen molar-refractivity contribution in [1.29, 1.82) is 0 Å². The van der Waals surface area contributed by atoms with E-state index in [0.717, 1.165) is 0 Å². The number of hydrogen-bond acceptors (Lipinski definition) is 4. The van der Waals surface area contributed by atoms with E-state index in [1.807, 2.05) is 6.92 Å². The lowest BCUT2D eigenvalue weighted by atomic mass is 10.2. The quantitative estimate of drug-likeness (QED) is 0.842. The van der Waals surface area contributed by atoms with Gasteiger partial charge in [0.2, 0.25) is 0 Å². The first-order chi connectivity index (χ1) is 8.44. The number of furan rings is 1. The molecule has 1 atom stereocenters. The van der Waals surface area contributed by atoms with E-state index in [0.29, 0.717) is 23.2 Å². The highest BCUT2D eigenvalue weighted by molar-refractivity contribution is 9.10. The van der Waals surface area contributed by atoms with Gasteiger partial charge >= 0.3 is 0 Å². The predicted molar refractivity (Wildman–Crippen MR) is 70.2 cm³/mol. The molecule has 2 heterocycles. The first kappa shape index (κ1) is 13.6. The largest absolute Gasteiger partial charge is 0.457 e. The minimum absolute atomic E-state index is 0.0576. The highest BCUT2D eigenvalue weighted by Gasteiger charge is 2.34. The molecule has 1 aliphatic heterocycles. The average molecular weight is 336 g/mol. The molecule has 5 nitrogen and oxygen atoms in total. The van der Waals surface area contributed by atoms with Gasteiger partial charge in [0, 0.05) is 12.6 Å². The SMILES string of the molecule is CCN(C(=O)c1ccoc1Br)C1CCS(=O)(=O)C1. The first-order valence-electron chi connectivity index (χ1n) is 5.69. The van der Waals surface area contributed by atoms with Crippen LogP contribution in [0, 0.1) is 0 Å². The van der Waals surface area contributed by atoms with Crippen molar-refractivity contribution in [3.8, 4) is 0 Å². The monoisotopic (exact) mass is 335 g/mol. The number of rotatable bonds is 3. The van der Waals surface area contributed by atoms with Crippen LogP contribution in [0.4, 0.5) is 0 Å². The number of carbonyl (C=O) groups is 1. The summed E-state index contributed by atoms with van der Waals surface area (Å²) in [5.74, 6) is 0.0241. The van der Waals surface area contributed by atoms with Crippen molar-refractivity contribution in [2.45, 2.75) is 19.4 Å². The second-order valence-electron chi connectivity index (χ2n) is 4.26. The van der Waals surface area contributed by atoms with Gasteiger partial charge in [0.15, 0.2) is 14.5 Å². The van der Waals surface area contributed by atoms with E-state index in [4.69, 9.17) is 4.42 Å². The van der Waals surface area contributed by atoms with Crippen molar-refractivity contribution < 1.29 is 17.6 Å². The van der Waals surface area contributed by atoms with E-state index >= 15 is 0 Å². The smallest absolute Gasteiger partial charge is 0.258 e. The zero-order valence-corrected chi connectivity index (χ0v) is 12.3. The number of amides is 1. The summed E-state index contributed by atoms with van der Waals surface area (Å²) >= 11 is 3.16. The topological polar surface area (TPSA) is 67.6 Å². The highest BCUT2D eigenvalue weighted by Crippen LogP contribution is 2.24. The lowest BCUT2D eigenvalue weighted by Crippen LogP contribution is -2.40. The van der Waals surface area contributed by atoms with Crippen LogP contribution < -0.4 is 0 Å². The maximum atomic E-state index is 12.3. The minimum atomic E-state index is -2.99. The summed E-state index contributed by atoms with van der Waals surface area (Å²) < 4.78 is 28.4. The molecule has 0 spiro atoms. The lowest BCUT2D eigenvalue weighted by Gasteiger charge is -2.26. The van der Waals surface area contributed by atoms with Crippen molar-refractivity contribution in [3.05, 3.63) is 22.6 Å². The van der Waals surface area contributed by atoms with E-state index < -0.39 is 9.84 Å². The number of sulfone groups is 1. The fraction of sp³-hybridized carbons (Fsp3) is 0.545. The third kappa shape index (κ3) is 2.61. The van der Waals surface area contributed by atoms with Crippen molar-refractivity contribution in [3.63, 3.8) is 0 Å². The Morgan fingerprint density at radius 1 is 1.61 bits per heavy atom. The number of hydrogen-bond donors (Lipinski definition) is 0. The van der Waals surface area contributed by atoms with Crippen LogP contribution in [-0.2, 0) is 9.84 Å². The maximum Gasteiger partial charge on any atom is 0.258 e. The summed E-state index contributed by atoms with van der Waals surface area (Å²) in [5.41, 5.74) is 0.432. The van der Waals surface area contributed by atoms with Crippen LogP contribution in [0.5, 0.6) is 0 Å². The summed E-state index contributed by atoms with van der Waals surface area (Å²) in [5, 5.41) is 0. The molecule has 1 aliphatic rings. The molecule has 1 unspecified atom stereocenters. The molecule has 0 bridgehead atoms. The molecule has 1 aromatic heterocycles. The summed E-state index contributed by atoms with van der Waals surface area (Å²) in [4.78, 5) is 13.9. The number of nitrogens with zero attached hydrogens (tertiary/aromatic N) is 1. The van der Waals surface area contributed by atoms with Gasteiger partial charge in [-0.05, 0) is 35.3 Å². The van der Waals surface area contributed by atoms with Crippen LogP contribution in [0.2, 0.25) is 0 Å². The third-order valence-electron chi connectivity index (χ3n) is 3.10. The van der Waals surface area contributed by atoms with E-state index in [2.05, 4.69) is 15.9 Å². The van der Waals surface area contributed by atoms with Crippen molar-refractivity contribution in [1.82, 2.24) is 4.90 Å². The summed E-state index contributed by atoms with van der Waals surface area (Å²) in [6.07, 6.45) is 1.94. The fourth-order valence-corrected chi connectivity index (χ4v) is 4.33. The molecule has 1 amide bonds. The zero-order chi connectivity index (χ0) is 13.3. The van der Waals surface area contributed by atoms with E-state index in [1.165, 1.54) is 6.26 Å². The molecule has 1 saturated heterocycles. The van der Waals surface area contributed by atoms with Gasteiger partial charge in [-0.15, -0.1) is 0 Å². The Bertz CT molecular complexity index is 551. The van der Waals surface area contributed by atoms with Gasteiger partial charge in [-0.1, -0.05) is 0 Å². The molecular formula is C11H14BrNO4S. The van der Waals surface area contributed by atoms with Crippen LogP contribution >= 0.6 is 15.9 Å². The Hall–Kier alpha value is -0.820. The molecule has 18 heavy (non-hydrogen) atoms. The Morgan fingerprint density at radius 2 is 2.33 bits per heavy atom. The van der Waals surface area contributed by atoms with Crippen molar-refractivity contribution >= 4 is 31.7 Å². The lowest BCUT2D eigenvalue weighted by molar-refractivity contribution is 0.0706. The molecule has 2 rings (SSSR count). The Labute approximate surface area is 114 Å². The van der Waals surface area contributed by atoms with Crippen LogP contribution in [-0.4, -0.2) is 43.3 Å². The minimum Gasteiger partial charge on any atom is -0.457 e. The Kier molecular flexibility index (Phi) is 3.82. The van der Waals surface area contributed by atoms with Gasteiger partial charge < -0.3 is 9.32 Å². The number of carbonyl (C=O) groups excluding carboxylic acids is 1. The highest BCUT2D eigenvalue weighted by atomic mass is 79.9. The summed E-state index contributed by atoms with van der Waals surface area (Å²) in [6.45, 7) is 2.33. The molecule has 1 aromatic rings. The van der Waals surface area contributed by atoms with Gasteiger partial charge in [-0.25, -0.2) is 8.42 Å². The first-order valence-corrected chi connectivity index (χ1v) is 8.30. The van der Waals surface area contributed by atoms with E-state index in [-0.39, 0.29) is 23.5 Å². The van der Waals surface area contributed by atoms with Crippen molar-refractivity contribution in [2.75, 3.05) is 18.1 Å². The predicted octanol–water partition coefficient (Wildman–Crippen LogP) is 1.69. The maximum absolute atomic E-state index is 12.3. The standard InChI is InChI=1S/C11H14BrNO4S/c1-2-13(8-4-6-18(15,16)7-8)11(14)9-3-5-17-10(9)12/h3,5,8H,2,4,6-7H2,1H3. The molecule has 0 aliphatic carbocycles. The Balaban J connectivity index is 2.20. The fourth-order valence-electron chi connectivity index (χ4n) is 2.19. The molecule has 7 heteroatoms. The van der Waals surface area contributed by atoms with Crippen LogP contribution in [0.25, 0.3) is 0 Å². The van der Waals surface area contributed by atoms with Crippen LogP contribution in [0.1, 0.15) is 23.7 Å². The third-order valence-corrected chi connectivity index (χ3v) is 5.46. The van der Waals surface area contributed by atoms with Gasteiger partial charge in [-0.3, -0.25) is 4.79 Å². The molecule has 1 fully saturated rings. The zero-order valence-electron chi connectivity index (χ0n) is 9.93. The average Bonchev–Trinajstić information content (AvgIpc) is 2.86. The van der Waals surface area contributed by atoms with Crippen molar-refractivity contribution in [2.24, 2.45) is 0 Å². The van der Waals surface area contributed by atoms with E-state index in [9.17, 15) is 13.2 Å². The normalized spacial score (nSPS) is 22.0. The summed E-state index contributed by atoms with van der Waals surface area (Å²) in [6, 6.07) is 1.35. The van der Waals surface area contributed by atoms with Crippen LogP contribution in [0.3, 0.4) is 0 Å². The molecule has 0 radical (unpaired) electrons. The van der Waals surface area contributed by atoms with Gasteiger partial charge in [0.05, 0.1) is 23.3 Å². The van der Waals surface area contributed by atoms with E-state index in [1.54, 1.807) is 11.0 Å². The Morgan fingerprint density at radius 3 is 2.78 bits per heavy atom. The summed E-state index contributed by atoms with van der Waals surface area (Å²) in [7, 11) is -2.99. The molecule has 0 aromatic carbocycles. The van der Waals surface area contributed by atoms with Gasteiger partial charge in [-0.2, -0.15) is 0 Å². The molecule has 100 valence electrons. The molecule has 0 saturated carbocycles.